The van der Waals surface area contributed by atoms with Crippen LogP contribution >= 0.6 is 0 Å². The standard InChI is InChI=1S/C7H12N2O/c1-5(2)8-9-6(3)7(4)10/h10H,1H2,2-4H3/b7-6+,9-8-. The number of aliphatic hydroxyl groups excluding tert-OH is 1. The molecule has 0 aliphatic carbocycles. The smallest absolute Gasteiger partial charge is 0.112 e. The Balaban J connectivity index is 4.16. The summed E-state index contributed by atoms with van der Waals surface area (Å²) in [5.74, 6) is 0.185. The van der Waals surface area contributed by atoms with Crippen LogP contribution in [0.15, 0.2) is 34.0 Å². The maximum absolute atomic E-state index is 8.83. The van der Waals surface area contributed by atoms with Crippen molar-refractivity contribution >= 4 is 0 Å². The van der Waals surface area contributed by atoms with Crippen molar-refractivity contribution in [2.24, 2.45) is 10.2 Å². The predicted molar refractivity (Wildman–Crippen MR) is 40.7 cm³/mol. The van der Waals surface area contributed by atoms with Crippen LogP contribution in [0.1, 0.15) is 20.8 Å². The lowest BCUT2D eigenvalue weighted by molar-refractivity contribution is 0.405. The van der Waals surface area contributed by atoms with E-state index in [4.69, 9.17) is 5.11 Å². The average Bonchev–Trinajstić information content (AvgIpc) is 1.82. The van der Waals surface area contributed by atoms with E-state index in [0.29, 0.717) is 11.4 Å². The van der Waals surface area contributed by atoms with Gasteiger partial charge in [0.15, 0.2) is 0 Å². The first-order valence-corrected chi connectivity index (χ1v) is 2.97. The molecule has 1 N–H and O–H groups in total. The molecule has 0 radical (unpaired) electrons. The minimum absolute atomic E-state index is 0.185. The Morgan fingerprint density at radius 1 is 1.20 bits per heavy atom. The van der Waals surface area contributed by atoms with E-state index in [1.54, 1.807) is 20.8 Å². The fourth-order valence-corrected chi connectivity index (χ4v) is 0.233. The zero-order valence-electron chi connectivity index (χ0n) is 6.55. The van der Waals surface area contributed by atoms with E-state index in [2.05, 4.69) is 16.8 Å². The minimum Gasteiger partial charge on any atom is -0.511 e. The van der Waals surface area contributed by atoms with Crippen LogP contribution in [0.25, 0.3) is 0 Å². The third-order valence-electron chi connectivity index (χ3n) is 0.894. The van der Waals surface area contributed by atoms with Gasteiger partial charge in [-0.05, 0) is 20.8 Å². The molecule has 0 aromatic heterocycles. The monoisotopic (exact) mass is 140 g/mol. The van der Waals surface area contributed by atoms with Gasteiger partial charge in [0.2, 0.25) is 0 Å². The second kappa shape index (κ2) is 3.82. The fourth-order valence-electron chi connectivity index (χ4n) is 0.233. The molecular weight excluding hydrogens is 128 g/mol. The molecule has 0 aromatic rings. The second-order valence-electron chi connectivity index (χ2n) is 2.11. The average molecular weight is 140 g/mol. The number of azo groups is 1. The van der Waals surface area contributed by atoms with Gasteiger partial charge >= 0.3 is 0 Å². The van der Waals surface area contributed by atoms with E-state index in [1.807, 2.05) is 0 Å². The van der Waals surface area contributed by atoms with Crippen LogP contribution in [-0.4, -0.2) is 5.11 Å². The summed E-state index contributed by atoms with van der Waals surface area (Å²) in [5, 5.41) is 16.2. The first-order chi connectivity index (χ1) is 4.54. The largest absolute Gasteiger partial charge is 0.511 e. The highest BCUT2D eigenvalue weighted by atomic mass is 16.3. The van der Waals surface area contributed by atoms with Gasteiger partial charge in [-0.15, -0.1) is 0 Å². The molecular formula is C7H12N2O. The van der Waals surface area contributed by atoms with Crippen LogP contribution in [0.4, 0.5) is 0 Å². The normalized spacial score (nSPS) is 13.5. The van der Waals surface area contributed by atoms with Crippen LogP contribution in [-0.2, 0) is 0 Å². The van der Waals surface area contributed by atoms with Crippen LogP contribution in [0.5, 0.6) is 0 Å². The molecule has 56 valence electrons. The number of hydrogen-bond acceptors (Lipinski definition) is 3. The lowest BCUT2D eigenvalue weighted by Crippen LogP contribution is -1.76. The summed E-state index contributed by atoms with van der Waals surface area (Å²) >= 11 is 0. The summed E-state index contributed by atoms with van der Waals surface area (Å²) in [5.41, 5.74) is 1.14. The van der Waals surface area contributed by atoms with Gasteiger partial charge in [-0.3, -0.25) is 0 Å². The van der Waals surface area contributed by atoms with Crippen molar-refractivity contribution in [3.05, 3.63) is 23.7 Å². The van der Waals surface area contributed by atoms with Gasteiger partial charge in [-0.2, -0.15) is 10.2 Å². The molecule has 0 unspecified atom stereocenters. The predicted octanol–water partition coefficient (Wildman–Crippen LogP) is 2.78. The molecule has 3 nitrogen and oxygen atoms in total. The van der Waals surface area contributed by atoms with E-state index in [-0.39, 0.29) is 5.76 Å². The molecule has 10 heavy (non-hydrogen) atoms. The Hall–Kier alpha value is -1.12. The summed E-state index contributed by atoms with van der Waals surface area (Å²) in [6.07, 6.45) is 0. The Kier molecular flexibility index (Phi) is 3.39. The number of allylic oxidation sites excluding steroid dienone is 3. The highest BCUT2D eigenvalue weighted by Crippen LogP contribution is 2.03. The van der Waals surface area contributed by atoms with Gasteiger partial charge in [-0.1, -0.05) is 6.58 Å². The second-order valence-corrected chi connectivity index (χ2v) is 2.11. The van der Waals surface area contributed by atoms with Crippen molar-refractivity contribution in [2.45, 2.75) is 20.8 Å². The van der Waals surface area contributed by atoms with Gasteiger partial charge in [0, 0.05) is 0 Å². The van der Waals surface area contributed by atoms with E-state index in [1.165, 1.54) is 0 Å². The van der Waals surface area contributed by atoms with Crippen molar-refractivity contribution in [3.63, 3.8) is 0 Å². The molecule has 0 atom stereocenters. The molecule has 0 spiro atoms. The van der Waals surface area contributed by atoms with E-state index in [0.717, 1.165) is 0 Å². The molecule has 3 heteroatoms. The van der Waals surface area contributed by atoms with Gasteiger partial charge in [0.1, 0.15) is 5.76 Å². The zero-order chi connectivity index (χ0) is 8.15. The SMILES string of the molecule is C=C(C)/N=N\C(C)=C(/C)O. The number of hydrogen-bond donors (Lipinski definition) is 1. The molecule has 0 saturated heterocycles. The summed E-state index contributed by atoms with van der Waals surface area (Å²) in [7, 11) is 0. The zero-order valence-corrected chi connectivity index (χ0v) is 6.55. The Morgan fingerprint density at radius 3 is 2.00 bits per heavy atom. The van der Waals surface area contributed by atoms with E-state index < -0.39 is 0 Å². The van der Waals surface area contributed by atoms with Crippen LogP contribution in [0.2, 0.25) is 0 Å². The quantitative estimate of drug-likeness (QED) is 0.465. The van der Waals surface area contributed by atoms with Gasteiger partial charge < -0.3 is 5.11 Å². The molecule has 0 fully saturated rings. The summed E-state index contributed by atoms with van der Waals surface area (Å²) in [4.78, 5) is 0. The van der Waals surface area contributed by atoms with E-state index >= 15 is 0 Å². The fraction of sp³-hybridized carbons (Fsp3) is 0.429. The molecule has 0 amide bonds. The van der Waals surface area contributed by atoms with Gasteiger partial charge in [0.05, 0.1) is 11.4 Å². The van der Waals surface area contributed by atoms with Crippen molar-refractivity contribution in [1.29, 1.82) is 0 Å². The highest BCUT2D eigenvalue weighted by Gasteiger charge is 1.88. The van der Waals surface area contributed by atoms with E-state index in [9.17, 15) is 0 Å². The molecule has 0 bridgehead atoms. The first-order valence-electron chi connectivity index (χ1n) is 2.97. The maximum atomic E-state index is 8.83. The van der Waals surface area contributed by atoms with Crippen molar-refractivity contribution in [3.8, 4) is 0 Å². The number of aliphatic hydroxyl groups is 1. The summed E-state index contributed by atoms with van der Waals surface area (Å²) in [6.45, 7) is 8.51. The van der Waals surface area contributed by atoms with Crippen molar-refractivity contribution in [1.82, 2.24) is 0 Å². The lowest BCUT2D eigenvalue weighted by Gasteiger charge is -1.91. The lowest BCUT2D eigenvalue weighted by atomic mass is 10.4. The molecule has 0 saturated carbocycles. The summed E-state index contributed by atoms with van der Waals surface area (Å²) in [6, 6.07) is 0. The third kappa shape index (κ3) is 3.83. The molecule has 0 aromatic carbocycles. The minimum atomic E-state index is 0.185. The van der Waals surface area contributed by atoms with Crippen LogP contribution < -0.4 is 0 Å². The highest BCUT2D eigenvalue weighted by molar-refractivity contribution is 4.99. The van der Waals surface area contributed by atoms with Crippen LogP contribution in [0, 0.1) is 0 Å². The van der Waals surface area contributed by atoms with Crippen molar-refractivity contribution < 1.29 is 5.11 Å². The molecule has 0 heterocycles. The Bertz CT molecular complexity index is 188. The van der Waals surface area contributed by atoms with Gasteiger partial charge in [-0.25, -0.2) is 0 Å². The van der Waals surface area contributed by atoms with Gasteiger partial charge in [0.25, 0.3) is 0 Å². The topological polar surface area (TPSA) is 45.0 Å². The third-order valence-corrected chi connectivity index (χ3v) is 0.894. The molecule has 0 aliphatic rings. The number of nitrogens with zero attached hydrogens (tertiary/aromatic N) is 2. The summed E-state index contributed by atoms with van der Waals surface area (Å²) < 4.78 is 0. The first kappa shape index (κ1) is 8.88. The maximum Gasteiger partial charge on any atom is 0.112 e. The molecule has 0 rings (SSSR count). The Labute approximate surface area is 60.8 Å². The molecule has 0 aliphatic heterocycles. The van der Waals surface area contributed by atoms with Crippen LogP contribution in [0.3, 0.4) is 0 Å². The Morgan fingerprint density at radius 2 is 1.70 bits per heavy atom. The van der Waals surface area contributed by atoms with Crippen molar-refractivity contribution in [2.75, 3.05) is 0 Å². The number of rotatable bonds is 2.